The maximum absolute atomic E-state index is 12.4. The monoisotopic (exact) mass is 554 g/mol. The van der Waals surface area contributed by atoms with Crippen LogP contribution in [0.15, 0.2) is 21.7 Å². The molecule has 4 rings (SSSR count). The minimum absolute atomic E-state index is 0.142. The summed E-state index contributed by atoms with van der Waals surface area (Å²) in [7, 11) is 0. The molecule has 0 unspecified atom stereocenters. The van der Waals surface area contributed by atoms with E-state index in [1.54, 1.807) is 0 Å². The number of aliphatic carboxylic acids is 2. The smallest absolute Gasteiger partial charge is 0.481 e. The Hall–Kier alpha value is -4.01. The molecular weight excluding hydrogens is 525 g/mol. The summed E-state index contributed by atoms with van der Waals surface area (Å²) in [4.78, 5) is 54.7. The molecule has 15 heteroatoms. The van der Waals surface area contributed by atoms with Gasteiger partial charge in [-0.15, -0.1) is 0 Å². The van der Waals surface area contributed by atoms with Gasteiger partial charge in [0.2, 0.25) is 0 Å². The minimum atomic E-state index is -5.08. The Kier molecular flexibility index (Phi) is 9.61. The van der Waals surface area contributed by atoms with Crippen molar-refractivity contribution in [2.45, 2.75) is 64.2 Å². The van der Waals surface area contributed by atoms with Crippen molar-refractivity contribution in [1.82, 2.24) is 24.8 Å². The van der Waals surface area contributed by atoms with Gasteiger partial charge in [0.15, 0.2) is 11.5 Å². The van der Waals surface area contributed by atoms with Crippen LogP contribution >= 0.6 is 0 Å². The van der Waals surface area contributed by atoms with Crippen LogP contribution in [0, 0.1) is 6.92 Å². The fourth-order valence-electron chi connectivity index (χ4n) is 4.22. The normalized spacial score (nSPS) is 15.2. The number of nitrogens with one attached hydrogen (secondary N) is 3. The van der Waals surface area contributed by atoms with Gasteiger partial charge in [-0.25, -0.2) is 14.6 Å². The highest BCUT2D eigenvalue weighted by atomic mass is 19.4. The van der Waals surface area contributed by atoms with E-state index in [2.05, 4.69) is 25.6 Å². The molecule has 5 N–H and O–H groups in total. The van der Waals surface area contributed by atoms with Crippen molar-refractivity contribution in [2.24, 2.45) is 0 Å². The van der Waals surface area contributed by atoms with Gasteiger partial charge >= 0.3 is 23.8 Å². The van der Waals surface area contributed by atoms with Gasteiger partial charge in [-0.2, -0.15) is 18.2 Å². The Morgan fingerprint density at radius 3 is 2.44 bits per heavy atom. The summed E-state index contributed by atoms with van der Waals surface area (Å²) in [6, 6.07) is 4.32. The van der Waals surface area contributed by atoms with Crippen LogP contribution in [0.5, 0.6) is 0 Å². The quantitative estimate of drug-likeness (QED) is 0.195. The highest BCUT2D eigenvalue weighted by Crippen LogP contribution is 2.28. The third-order valence-corrected chi connectivity index (χ3v) is 6.14. The number of unbranched alkanes of at least 4 members (excludes halogenated alkanes) is 3. The number of H-pyrrole nitrogens is 1. The van der Waals surface area contributed by atoms with E-state index in [0.717, 1.165) is 55.5 Å². The highest BCUT2D eigenvalue weighted by molar-refractivity contribution is 5.84. The van der Waals surface area contributed by atoms with Gasteiger partial charge in [0.25, 0.3) is 5.56 Å². The molecule has 1 atom stereocenters. The fourth-order valence-corrected chi connectivity index (χ4v) is 4.22. The second-order valence-corrected chi connectivity index (χ2v) is 9.16. The molecule has 0 amide bonds. The molecule has 1 fully saturated rings. The van der Waals surface area contributed by atoms with Crippen LogP contribution in [0.2, 0.25) is 0 Å². The topological polar surface area (TPSA) is 179 Å². The molecule has 0 aliphatic carbocycles. The van der Waals surface area contributed by atoms with Crippen LogP contribution in [0.1, 0.15) is 44.1 Å². The lowest BCUT2D eigenvalue weighted by molar-refractivity contribution is -0.192. The molecular formula is C24H29F3N6O6. The first-order valence-electron chi connectivity index (χ1n) is 12.3. The molecule has 3 aliphatic rings. The number of aromatic amines is 1. The van der Waals surface area contributed by atoms with E-state index in [9.17, 15) is 27.6 Å². The lowest BCUT2D eigenvalue weighted by Gasteiger charge is -2.20. The van der Waals surface area contributed by atoms with Gasteiger partial charge < -0.3 is 25.4 Å². The van der Waals surface area contributed by atoms with Gasteiger partial charge in [0.05, 0.1) is 11.0 Å². The molecule has 1 aromatic carbocycles. The van der Waals surface area contributed by atoms with Gasteiger partial charge in [0, 0.05) is 31.2 Å². The summed E-state index contributed by atoms with van der Waals surface area (Å²) in [5.74, 6) is -3.27. The van der Waals surface area contributed by atoms with Crippen molar-refractivity contribution < 1.29 is 33.0 Å². The lowest BCUT2D eigenvalue weighted by atomic mass is 10.1. The first-order chi connectivity index (χ1) is 18.4. The van der Waals surface area contributed by atoms with E-state index in [0.29, 0.717) is 24.5 Å². The maximum Gasteiger partial charge on any atom is 0.490 e. The number of anilines is 1. The summed E-state index contributed by atoms with van der Waals surface area (Å²) in [6.07, 6.45) is -0.845. The number of rotatable bonds is 9. The summed E-state index contributed by atoms with van der Waals surface area (Å²) in [5, 5.41) is 22.9. The fraction of sp³-hybridized carbons (Fsp3) is 0.500. The van der Waals surface area contributed by atoms with Crippen molar-refractivity contribution in [1.29, 1.82) is 0 Å². The SMILES string of the molecule is Cc1cc2nc3c(=O)[nH]c(=O)nc-3n(CCCCCCC(=O)O)c2cc1N[C@H]1CCNC1.O=C(O)C(F)(F)F. The molecule has 0 bridgehead atoms. The zero-order valence-electron chi connectivity index (χ0n) is 21.1. The minimum Gasteiger partial charge on any atom is -0.481 e. The van der Waals surface area contributed by atoms with E-state index in [1.807, 2.05) is 23.6 Å². The zero-order chi connectivity index (χ0) is 28.7. The number of fused-ring (bicyclic) bond motifs is 2. The Balaban J connectivity index is 0.000000532. The molecule has 0 saturated carbocycles. The number of nitrogens with zero attached hydrogens (tertiary/aromatic N) is 3. The Morgan fingerprint density at radius 1 is 1.13 bits per heavy atom. The van der Waals surface area contributed by atoms with Crippen molar-refractivity contribution in [3.8, 4) is 11.5 Å². The largest absolute Gasteiger partial charge is 0.490 e. The maximum atomic E-state index is 12.4. The summed E-state index contributed by atoms with van der Waals surface area (Å²) in [6.45, 7) is 4.44. The molecule has 12 nitrogen and oxygen atoms in total. The Bertz CT molecular complexity index is 1410. The number of hydrogen-bond donors (Lipinski definition) is 5. The zero-order valence-corrected chi connectivity index (χ0v) is 21.1. The van der Waals surface area contributed by atoms with Gasteiger partial charge in [-0.1, -0.05) is 12.8 Å². The molecule has 0 aromatic heterocycles. The lowest BCUT2D eigenvalue weighted by Crippen LogP contribution is -2.29. The average Bonchev–Trinajstić information content (AvgIpc) is 3.35. The van der Waals surface area contributed by atoms with Gasteiger partial charge in [-0.05, 0) is 50.4 Å². The van der Waals surface area contributed by atoms with Crippen molar-refractivity contribution in [2.75, 3.05) is 18.4 Å². The van der Waals surface area contributed by atoms with E-state index in [1.165, 1.54) is 0 Å². The van der Waals surface area contributed by atoms with Crippen LogP contribution < -0.4 is 21.9 Å². The summed E-state index contributed by atoms with van der Waals surface area (Å²) >= 11 is 0. The number of aromatic nitrogens is 4. The molecule has 1 aromatic rings. The summed E-state index contributed by atoms with van der Waals surface area (Å²) < 4.78 is 33.6. The molecule has 3 aliphatic heterocycles. The third kappa shape index (κ3) is 7.99. The molecule has 0 spiro atoms. The molecule has 39 heavy (non-hydrogen) atoms. The van der Waals surface area contributed by atoms with Crippen LogP contribution in [-0.2, 0) is 16.1 Å². The number of benzene rings is 1. The van der Waals surface area contributed by atoms with Crippen LogP contribution in [0.3, 0.4) is 0 Å². The van der Waals surface area contributed by atoms with E-state index >= 15 is 0 Å². The van der Waals surface area contributed by atoms with Gasteiger partial charge in [0.1, 0.15) is 0 Å². The molecule has 1 saturated heterocycles. The standard InChI is InChI=1S/C22H28N6O4.C2HF3O2/c1-13-10-16-17(11-15(13)24-14-7-8-23-12-14)28(9-5-3-2-4-6-18(29)30)20-19(25-16)21(31)27-22(32)26-20;3-2(4,5)1(6)7/h10-11,14,23-24H,2-9,12H2,1H3,(H,29,30)(H,27,31,32);(H,6,7)/t14-;/m0./s1. The predicted molar refractivity (Wildman–Crippen MR) is 135 cm³/mol. The predicted octanol–water partition coefficient (Wildman–Crippen LogP) is 2.34. The van der Waals surface area contributed by atoms with Crippen molar-refractivity contribution in [3.63, 3.8) is 0 Å². The van der Waals surface area contributed by atoms with Crippen molar-refractivity contribution in [3.05, 3.63) is 38.5 Å². The number of carbonyl (C=O) groups is 2. The molecule has 3 heterocycles. The van der Waals surface area contributed by atoms with Gasteiger partial charge in [-0.3, -0.25) is 14.6 Å². The van der Waals surface area contributed by atoms with Crippen LogP contribution in [0.4, 0.5) is 18.9 Å². The number of aryl methyl sites for hydroxylation is 2. The van der Waals surface area contributed by atoms with Crippen molar-refractivity contribution >= 4 is 28.7 Å². The second kappa shape index (κ2) is 12.7. The molecule has 0 radical (unpaired) electrons. The number of carboxylic acids is 2. The molecule has 212 valence electrons. The average molecular weight is 555 g/mol. The number of hydrogen-bond acceptors (Lipinski definition) is 8. The highest BCUT2D eigenvalue weighted by Gasteiger charge is 2.38. The third-order valence-electron chi connectivity index (χ3n) is 6.14. The second-order valence-electron chi connectivity index (χ2n) is 9.16. The number of halogens is 3. The number of carboxylic acid groups (broad SMARTS) is 2. The first kappa shape index (κ1) is 29.5. The number of alkyl halides is 3. The van der Waals surface area contributed by atoms with E-state index in [-0.39, 0.29) is 17.9 Å². The Morgan fingerprint density at radius 2 is 1.82 bits per heavy atom. The van der Waals surface area contributed by atoms with E-state index < -0.39 is 29.4 Å². The van der Waals surface area contributed by atoms with Crippen LogP contribution in [-0.4, -0.2) is 67.0 Å². The van der Waals surface area contributed by atoms with Crippen LogP contribution in [0.25, 0.3) is 22.6 Å². The Labute approximate surface area is 219 Å². The summed E-state index contributed by atoms with van der Waals surface area (Å²) in [5.41, 5.74) is 2.40. The first-order valence-corrected chi connectivity index (χ1v) is 12.3. The van der Waals surface area contributed by atoms with E-state index in [4.69, 9.17) is 15.0 Å².